The predicted molar refractivity (Wildman–Crippen MR) is 103 cm³/mol. The van der Waals surface area contributed by atoms with E-state index in [1.807, 2.05) is 19.1 Å². The van der Waals surface area contributed by atoms with Crippen LogP contribution in [0, 0.1) is 6.92 Å². The number of rotatable bonds is 4. The standard InChI is InChI=1S/C22H23NO4/c1-4-16-10-20(24)27-22-14(2)21-17(9-19(16)22)12-23(13-26-21)11-15-5-7-18(25-3)8-6-15/h5-10H,4,11-13H2,1-3H3/p+1. The molecule has 0 aliphatic carbocycles. The third-order valence-corrected chi connectivity index (χ3v) is 5.23. The van der Waals surface area contributed by atoms with Gasteiger partial charge in [-0.15, -0.1) is 0 Å². The fraction of sp³-hybridized carbons (Fsp3) is 0.318. The lowest BCUT2D eigenvalue weighted by atomic mass is 9.99. The van der Waals surface area contributed by atoms with Crippen LogP contribution in [0.4, 0.5) is 0 Å². The zero-order chi connectivity index (χ0) is 19.0. The molecule has 5 heteroatoms. The van der Waals surface area contributed by atoms with Crippen LogP contribution in [-0.2, 0) is 19.5 Å². The second kappa shape index (κ2) is 7.08. The van der Waals surface area contributed by atoms with E-state index in [1.54, 1.807) is 13.2 Å². The van der Waals surface area contributed by atoms with Crippen molar-refractivity contribution in [2.24, 2.45) is 0 Å². The third-order valence-electron chi connectivity index (χ3n) is 5.23. The Kier molecular flexibility index (Phi) is 4.62. The average Bonchev–Trinajstić information content (AvgIpc) is 2.69. The molecule has 1 aromatic heterocycles. The number of benzene rings is 2. The average molecular weight is 366 g/mol. The molecule has 1 aliphatic rings. The van der Waals surface area contributed by atoms with Crippen LogP contribution in [0.1, 0.15) is 29.2 Å². The molecule has 1 N–H and O–H groups in total. The number of quaternary nitrogens is 1. The van der Waals surface area contributed by atoms with Crippen LogP contribution in [0.3, 0.4) is 0 Å². The lowest BCUT2D eigenvalue weighted by Crippen LogP contribution is -3.10. The van der Waals surface area contributed by atoms with Crippen molar-refractivity contribution >= 4 is 11.0 Å². The summed E-state index contributed by atoms with van der Waals surface area (Å²) in [6, 6.07) is 11.9. The quantitative estimate of drug-likeness (QED) is 0.721. The summed E-state index contributed by atoms with van der Waals surface area (Å²) in [7, 11) is 1.68. The van der Waals surface area contributed by atoms with Gasteiger partial charge in [0.25, 0.3) is 0 Å². The summed E-state index contributed by atoms with van der Waals surface area (Å²) < 4.78 is 16.8. The summed E-state index contributed by atoms with van der Waals surface area (Å²) in [5.41, 5.74) is 4.70. The van der Waals surface area contributed by atoms with Crippen molar-refractivity contribution in [1.82, 2.24) is 0 Å². The lowest BCUT2D eigenvalue weighted by molar-refractivity contribution is -0.945. The molecule has 0 amide bonds. The Bertz CT molecular complexity index is 1040. The molecular formula is C22H24NO4+. The summed E-state index contributed by atoms with van der Waals surface area (Å²) in [6.07, 6.45) is 0.795. The van der Waals surface area contributed by atoms with Crippen molar-refractivity contribution < 1.29 is 18.8 Å². The van der Waals surface area contributed by atoms with Gasteiger partial charge in [0.1, 0.15) is 30.2 Å². The van der Waals surface area contributed by atoms with E-state index in [-0.39, 0.29) is 5.63 Å². The zero-order valence-electron chi connectivity index (χ0n) is 15.9. The number of fused-ring (bicyclic) bond motifs is 2. The minimum atomic E-state index is -0.301. The molecule has 27 heavy (non-hydrogen) atoms. The predicted octanol–water partition coefficient (Wildman–Crippen LogP) is 2.61. The maximum Gasteiger partial charge on any atom is 0.336 e. The summed E-state index contributed by atoms with van der Waals surface area (Å²) in [6.45, 7) is 6.37. The molecule has 2 aromatic carbocycles. The topological polar surface area (TPSA) is 53.1 Å². The van der Waals surface area contributed by atoms with Gasteiger partial charge in [-0.2, -0.15) is 0 Å². The largest absolute Gasteiger partial charge is 0.497 e. The highest BCUT2D eigenvalue weighted by molar-refractivity contribution is 5.86. The van der Waals surface area contributed by atoms with E-state index in [9.17, 15) is 4.79 Å². The summed E-state index contributed by atoms with van der Waals surface area (Å²) in [4.78, 5) is 13.2. The van der Waals surface area contributed by atoms with Gasteiger partial charge in [-0.3, -0.25) is 4.90 Å². The van der Waals surface area contributed by atoms with Gasteiger partial charge in [0.2, 0.25) is 6.73 Å². The molecular weight excluding hydrogens is 342 g/mol. The molecule has 3 aromatic rings. The number of aryl methyl sites for hydroxylation is 2. The molecule has 0 fully saturated rings. The molecule has 4 rings (SSSR count). The van der Waals surface area contributed by atoms with Crippen molar-refractivity contribution in [2.45, 2.75) is 33.4 Å². The Morgan fingerprint density at radius 3 is 2.67 bits per heavy atom. The van der Waals surface area contributed by atoms with Crippen LogP contribution >= 0.6 is 0 Å². The molecule has 5 nitrogen and oxygen atoms in total. The fourth-order valence-electron chi connectivity index (χ4n) is 3.84. The van der Waals surface area contributed by atoms with E-state index in [0.29, 0.717) is 12.3 Å². The molecule has 0 bridgehead atoms. The highest BCUT2D eigenvalue weighted by Crippen LogP contribution is 2.33. The van der Waals surface area contributed by atoms with E-state index in [4.69, 9.17) is 13.9 Å². The van der Waals surface area contributed by atoms with Gasteiger partial charge in [-0.1, -0.05) is 6.92 Å². The van der Waals surface area contributed by atoms with Crippen molar-refractivity contribution in [3.05, 3.63) is 69.1 Å². The molecule has 0 saturated heterocycles. The van der Waals surface area contributed by atoms with Crippen LogP contribution in [0.2, 0.25) is 0 Å². The zero-order valence-corrected chi connectivity index (χ0v) is 15.9. The van der Waals surface area contributed by atoms with Crippen molar-refractivity contribution in [3.8, 4) is 11.5 Å². The minimum absolute atomic E-state index is 0.301. The van der Waals surface area contributed by atoms with E-state index in [2.05, 4.69) is 25.1 Å². The maximum absolute atomic E-state index is 11.9. The first kappa shape index (κ1) is 17.6. The minimum Gasteiger partial charge on any atom is -0.497 e. The van der Waals surface area contributed by atoms with Gasteiger partial charge in [0.05, 0.1) is 7.11 Å². The molecule has 1 aliphatic heterocycles. The fourth-order valence-corrected chi connectivity index (χ4v) is 3.84. The first-order valence-electron chi connectivity index (χ1n) is 9.27. The highest BCUT2D eigenvalue weighted by Gasteiger charge is 2.25. The van der Waals surface area contributed by atoms with Gasteiger partial charge >= 0.3 is 5.63 Å². The van der Waals surface area contributed by atoms with Gasteiger partial charge in [-0.25, -0.2) is 4.79 Å². The van der Waals surface area contributed by atoms with Crippen LogP contribution < -0.4 is 20.0 Å². The number of nitrogens with one attached hydrogen (secondary N) is 1. The first-order valence-corrected chi connectivity index (χ1v) is 9.27. The third kappa shape index (κ3) is 3.30. The summed E-state index contributed by atoms with van der Waals surface area (Å²) in [5.74, 6) is 1.72. The van der Waals surface area contributed by atoms with Gasteiger partial charge in [0, 0.05) is 28.1 Å². The molecule has 0 spiro atoms. The Hall–Kier alpha value is -2.79. The van der Waals surface area contributed by atoms with Crippen LogP contribution in [0.5, 0.6) is 11.5 Å². The van der Waals surface area contributed by atoms with Gasteiger partial charge in [-0.05, 0) is 49.2 Å². The van der Waals surface area contributed by atoms with E-state index in [1.165, 1.54) is 16.0 Å². The van der Waals surface area contributed by atoms with Crippen molar-refractivity contribution in [1.29, 1.82) is 0 Å². The Labute approximate surface area is 158 Å². The Morgan fingerprint density at radius 1 is 1.19 bits per heavy atom. The molecule has 1 atom stereocenters. The van der Waals surface area contributed by atoms with Gasteiger partial charge < -0.3 is 13.9 Å². The number of hydrogen-bond acceptors (Lipinski definition) is 4. The maximum atomic E-state index is 11.9. The molecule has 0 saturated carbocycles. The second-order valence-corrected chi connectivity index (χ2v) is 7.05. The number of methoxy groups -OCH3 is 1. The van der Waals surface area contributed by atoms with E-state index in [0.717, 1.165) is 47.5 Å². The first-order chi connectivity index (χ1) is 13.1. The van der Waals surface area contributed by atoms with Crippen molar-refractivity contribution in [2.75, 3.05) is 13.8 Å². The SMILES string of the molecule is CCc1cc(=O)oc2c(C)c3c(cc12)C[NH+](Cc1ccc(OC)cc1)CO3. The van der Waals surface area contributed by atoms with Crippen LogP contribution in [0.25, 0.3) is 11.0 Å². The lowest BCUT2D eigenvalue weighted by Gasteiger charge is -2.27. The molecule has 1 unspecified atom stereocenters. The monoisotopic (exact) mass is 366 g/mol. The highest BCUT2D eigenvalue weighted by atomic mass is 16.5. The molecule has 2 heterocycles. The van der Waals surface area contributed by atoms with Crippen LogP contribution in [0.15, 0.2) is 45.6 Å². The Balaban J connectivity index is 1.66. The second-order valence-electron chi connectivity index (χ2n) is 7.05. The number of ether oxygens (including phenoxy) is 2. The Morgan fingerprint density at radius 2 is 1.96 bits per heavy atom. The van der Waals surface area contributed by atoms with E-state index < -0.39 is 0 Å². The van der Waals surface area contributed by atoms with Gasteiger partial charge in [0.15, 0.2) is 0 Å². The summed E-state index contributed by atoms with van der Waals surface area (Å²) in [5, 5.41) is 1.02. The summed E-state index contributed by atoms with van der Waals surface area (Å²) >= 11 is 0. The normalized spacial score (nSPS) is 16.0. The van der Waals surface area contributed by atoms with Crippen molar-refractivity contribution in [3.63, 3.8) is 0 Å². The molecule has 0 radical (unpaired) electrons. The smallest absolute Gasteiger partial charge is 0.336 e. The molecule has 140 valence electrons. The van der Waals surface area contributed by atoms with E-state index >= 15 is 0 Å². The number of hydrogen-bond donors (Lipinski definition) is 1. The van der Waals surface area contributed by atoms with Crippen LogP contribution in [-0.4, -0.2) is 13.8 Å².